The zero-order valence-corrected chi connectivity index (χ0v) is 15.6. The Balaban J connectivity index is 1.98. The number of rotatable bonds is 4. The third kappa shape index (κ3) is 2.68. The van der Waals surface area contributed by atoms with Gasteiger partial charge in [0, 0.05) is 0 Å². The average Bonchev–Trinajstić information content (AvgIpc) is 2.60. The highest BCUT2D eigenvalue weighted by atomic mass is 16.5. The number of hydrogen-bond donors (Lipinski definition) is 0. The van der Waals surface area contributed by atoms with E-state index in [1.54, 1.807) is 14.2 Å². The Morgan fingerprint density at radius 3 is 1.38 bits per heavy atom. The van der Waals surface area contributed by atoms with E-state index in [0.717, 1.165) is 11.5 Å². The van der Waals surface area contributed by atoms with Gasteiger partial charge in [0.15, 0.2) is 0 Å². The second-order valence-corrected chi connectivity index (χ2v) is 7.23. The van der Waals surface area contributed by atoms with Gasteiger partial charge >= 0.3 is 0 Å². The lowest BCUT2D eigenvalue weighted by Crippen LogP contribution is -2.40. The van der Waals surface area contributed by atoms with Crippen molar-refractivity contribution in [2.24, 2.45) is 11.8 Å². The molecule has 2 nitrogen and oxygen atoms in total. The van der Waals surface area contributed by atoms with Gasteiger partial charge in [0.05, 0.1) is 14.2 Å². The second kappa shape index (κ2) is 6.51. The standard InChI is InChI=1S/C22H28O2/c1-13-7-9-17(11-19(13)23-5)21-15(3)16(4)22(21)18-10-8-14(2)20(12-18)24-6/h7-12,15-16,21-22H,1-6H3/t15-,16-,21-,22-/m0/s1. The van der Waals surface area contributed by atoms with Gasteiger partial charge < -0.3 is 9.47 Å². The highest BCUT2D eigenvalue weighted by molar-refractivity contribution is 5.45. The van der Waals surface area contributed by atoms with Crippen LogP contribution in [0.2, 0.25) is 0 Å². The molecule has 2 aromatic carbocycles. The number of ether oxygens (including phenoxy) is 2. The van der Waals surface area contributed by atoms with Crippen molar-refractivity contribution in [2.75, 3.05) is 14.2 Å². The third-order valence-electron chi connectivity index (χ3n) is 5.98. The van der Waals surface area contributed by atoms with Gasteiger partial charge in [0.2, 0.25) is 0 Å². The van der Waals surface area contributed by atoms with Crippen molar-refractivity contribution in [1.82, 2.24) is 0 Å². The summed E-state index contributed by atoms with van der Waals surface area (Å²) in [6, 6.07) is 13.3. The molecule has 3 rings (SSSR count). The Kier molecular flexibility index (Phi) is 4.58. The van der Waals surface area contributed by atoms with Crippen molar-refractivity contribution < 1.29 is 9.47 Å². The number of methoxy groups -OCH3 is 2. The van der Waals surface area contributed by atoms with Crippen molar-refractivity contribution in [3.8, 4) is 11.5 Å². The number of aryl methyl sites for hydroxylation is 2. The summed E-state index contributed by atoms with van der Waals surface area (Å²) in [5, 5.41) is 0. The fourth-order valence-corrected chi connectivity index (χ4v) is 4.27. The highest BCUT2D eigenvalue weighted by Crippen LogP contribution is 2.58. The van der Waals surface area contributed by atoms with Crippen LogP contribution in [-0.2, 0) is 0 Å². The van der Waals surface area contributed by atoms with Crippen LogP contribution in [0.15, 0.2) is 36.4 Å². The van der Waals surface area contributed by atoms with Crippen LogP contribution in [0.5, 0.6) is 11.5 Å². The van der Waals surface area contributed by atoms with Crippen LogP contribution < -0.4 is 9.47 Å². The molecule has 0 heterocycles. The molecule has 0 unspecified atom stereocenters. The monoisotopic (exact) mass is 324 g/mol. The van der Waals surface area contributed by atoms with Gasteiger partial charge in [-0.05, 0) is 71.9 Å². The maximum absolute atomic E-state index is 5.54. The van der Waals surface area contributed by atoms with E-state index < -0.39 is 0 Å². The topological polar surface area (TPSA) is 18.5 Å². The average molecular weight is 324 g/mol. The second-order valence-electron chi connectivity index (χ2n) is 7.23. The summed E-state index contributed by atoms with van der Waals surface area (Å²) in [6.45, 7) is 8.92. The van der Waals surface area contributed by atoms with Crippen molar-refractivity contribution in [2.45, 2.75) is 39.5 Å². The molecule has 0 radical (unpaired) electrons. The Labute approximate surface area is 145 Å². The van der Waals surface area contributed by atoms with E-state index in [-0.39, 0.29) is 0 Å². The predicted octanol–water partition coefficient (Wildman–Crippen LogP) is 5.47. The summed E-state index contributed by atoms with van der Waals surface area (Å²) in [4.78, 5) is 0. The van der Waals surface area contributed by atoms with Crippen LogP contribution in [0, 0.1) is 25.7 Å². The summed E-state index contributed by atoms with van der Waals surface area (Å²) in [7, 11) is 3.50. The van der Waals surface area contributed by atoms with E-state index in [1.165, 1.54) is 22.3 Å². The Hall–Kier alpha value is -1.96. The Morgan fingerprint density at radius 1 is 0.667 bits per heavy atom. The summed E-state index contributed by atoms with van der Waals surface area (Å²) >= 11 is 0. The van der Waals surface area contributed by atoms with E-state index in [2.05, 4.69) is 64.1 Å². The molecular formula is C22H28O2. The van der Waals surface area contributed by atoms with Crippen LogP contribution in [0.4, 0.5) is 0 Å². The van der Waals surface area contributed by atoms with Crippen LogP contribution in [0.25, 0.3) is 0 Å². The molecule has 1 aliphatic rings. The van der Waals surface area contributed by atoms with E-state index in [0.29, 0.717) is 23.7 Å². The van der Waals surface area contributed by atoms with Crippen LogP contribution in [0.1, 0.15) is 47.9 Å². The van der Waals surface area contributed by atoms with Crippen molar-refractivity contribution in [3.05, 3.63) is 58.7 Å². The maximum atomic E-state index is 5.54. The summed E-state index contributed by atoms with van der Waals surface area (Å²) in [5.41, 5.74) is 5.14. The molecule has 1 aliphatic carbocycles. The van der Waals surface area contributed by atoms with Gasteiger partial charge in [-0.1, -0.05) is 38.1 Å². The van der Waals surface area contributed by atoms with Crippen LogP contribution in [-0.4, -0.2) is 14.2 Å². The van der Waals surface area contributed by atoms with Gasteiger partial charge in [-0.25, -0.2) is 0 Å². The van der Waals surface area contributed by atoms with E-state index in [4.69, 9.17) is 9.47 Å². The van der Waals surface area contributed by atoms with Gasteiger partial charge in [0.25, 0.3) is 0 Å². The first-order valence-corrected chi connectivity index (χ1v) is 8.77. The minimum absolute atomic E-state index is 0.530. The lowest BCUT2D eigenvalue weighted by atomic mass is 9.54. The zero-order chi connectivity index (χ0) is 17.4. The summed E-state index contributed by atoms with van der Waals surface area (Å²) in [6.07, 6.45) is 0. The smallest absolute Gasteiger partial charge is 0.122 e. The largest absolute Gasteiger partial charge is 0.496 e. The molecule has 0 amide bonds. The molecule has 0 N–H and O–H groups in total. The summed E-state index contributed by atoms with van der Waals surface area (Å²) < 4.78 is 11.1. The van der Waals surface area contributed by atoms with E-state index in [9.17, 15) is 0 Å². The molecule has 0 aliphatic heterocycles. The first kappa shape index (κ1) is 16.9. The quantitative estimate of drug-likeness (QED) is 0.742. The lowest BCUT2D eigenvalue weighted by molar-refractivity contribution is 0.122. The molecule has 0 spiro atoms. The van der Waals surface area contributed by atoms with Crippen LogP contribution >= 0.6 is 0 Å². The molecule has 0 aromatic heterocycles. The van der Waals surface area contributed by atoms with Crippen molar-refractivity contribution in [1.29, 1.82) is 0 Å². The molecule has 1 saturated carbocycles. The molecule has 128 valence electrons. The van der Waals surface area contributed by atoms with Gasteiger partial charge in [-0.3, -0.25) is 0 Å². The molecule has 2 heteroatoms. The Bertz CT molecular complexity index is 671. The summed E-state index contributed by atoms with van der Waals surface area (Å²) in [5.74, 6) is 4.35. The van der Waals surface area contributed by atoms with Crippen molar-refractivity contribution >= 4 is 0 Å². The molecular weight excluding hydrogens is 296 g/mol. The lowest BCUT2D eigenvalue weighted by Gasteiger charge is -2.50. The fraction of sp³-hybridized carbons (Fsp3) is 0.455. The van der Waals surface area contributed by atoms with Crippen molar-refractivity contribution in [3.63, 3.8) is 0 Å². The SMILES string of the molecule is COc1cc([C@@H]2[C@@H](C)[C@H](C)[C@H]2c2ccc(C)c(OC)c2)ccc1C. The van der Waals surface area contributed by atoms with Gasteiger partial charge in [-0.2, -0.15) is 0 Å². The first-order chi connectivity index (χ1) is 11.5. The first-order valence-electron chi connectivity index (χ1n) is 8.77. The predicted molar refractivity (Wildman–Crippen MR) is 99.3 cm³/mol. The molecule has 1 fully saturated rings. The highest BCUT2D eigenvalue weighted by Gasteiger charge is 2.46. The van der Waals surface area contributed by atoms with E-state index >= 15 is 0 Å². The molecule has 24 heavy (non-hydrogen) atoms. The zero-order valence-electron chi connectivity index (χ0n) is 15.6. The third-order valence-corrected chi connectivity index (χ3v) is 5.98. The van der Waals surface area contributed by atoms with Crippen LogP contribution in [0.3, 0.4) is 0 Å². The Morgan fingerprint density at radius 2 is 1.04 bits per heavy atom. The molecule has 4 atom stereocenters. The minimum Gasteiger partial charge on any atom is -0.496 e. The molecule has 2 aromatic rings. The molecule has 0 bridgehead atoms. The number of benzene rings is 2. The normalized spacial score (nSPS) is 25.9. The minimum atomic E-state index is 0.530. The maximum Gasteiger partial charge on any atom is 0.122 e. The fourth-order valence-electron chi connectivity index (χ4n) is 4.27. The molecule has 0 saturated heterocycles. The van der Waals surface area contributed by atoms with Gasteiger partial charge in [-0.15, -0.1) is 0 Å². The van der Waals surface area contributed by atoms with Gasteiger partial charge in [0.1, 0.15) is 11.5 Å². The van der Waals surface area contributed by atoms with E-state index in [1.807, 2.05) is 0 Å². The number of hydrogen-bond acceptors (Lipinski definition) is 2.